The van der Waals surface area contributed by atoms with Crippen molar-refractivity contribution < 1.29 is 0 Å². The molecule has 228 valence electrons. The molecule has 9 rings (SSSR count). The highest BCUT2D eigenvalue weighted by atomic mass is 79.9. The summed E-state index contributed by atoms with van der Waals surface area (Å²) in [6, 6.07) is 52.7. The quantitative estimate of drug-likeness (QED) is 0.122. The molecule has 9 aromatic carbocycles. The first-order chi connectivity index (χ1) is 23.5. The lowest BCUT2D eigenvalue weighted by Gasteiger charge is -2.23. The Hall–Kier alpha value is -3.80. The van der Waals surface area contributed by atoms with Crippen molar-refractivity contribution in [3.05, 3.63) is 163 Å². The van der Waals surface area contributed by atoms with Crippen LogP contribution in [0.4, 0.5) is 0 Å². The molecular formula is C44H24Br4. The molecule has 0 fully saturated rings. The van der Waals surface area contributed by atoms with Gasteiger partial charge in [0.15, 0.2) is 0 Å². The Morgan fingerprint density at radius 2 is 0.729 bits per heavy atom. The molecule has 48 heavy (non-hydrogen) atoms. The molecule has 4 heteroatoms. The van der Waals surface area contributed by atoms with Gasteiger partial charge in [0.25, 0.3) is 0 Å². The molecule has 0 aliphatic carbocycles. The third kappa shape index (κ3) is 4.72. The highest BCUT2D eigenvalue weighted by molar-refractivity contribution is 9.11. The van der Waals surface area contributed by atoms with E-state index in [9.17, 15) is 0 Å². The minimum Gasteiger partial charge on any atom is -0.0622 e. The first-order valence-corrected chi connectivity index (χ1v) is 18.9. The van der Waals surface area contributed by atoms with E-state index in [-0.39, 0.29) is 0 Å². The average Bonchev–Trinajstić information content (AvgIpc) is 3.13. The Kier molecular flexibility index (Phi) is 7.54. The third-order valence-corrected chi connectivity index (χ3v) is 12.1. The minimum atomic E-state index is 1.06. The molecule has 0 unspecified atom stereocenters. The molecule has 0 radical (unpaired) electrons. The number of hydrogen-bond acceptors (Lipinski definition) is 0. The summed E-state index contributed by atoms with van der Waals surface area (Å²) < 4.78 is 4.27. The highest BCUT2D eigenvalue weighted by Crippen LogP contribution is 2.53. The molecule has 9 aromatic rings. The van der Waals surface area contributed by atoms with E-state index in [1.54, 1.807) is 0 Å². The van der Waals surface area contributed by atoms with Crippen molar-refractivity contribution in [1.29, 1.82) is 0 Å². The van der Waals surface area contributed by atoms with E-state index in [2.05, 4.69) is 209 Å². The van der Waals surface area contributed by atoms with Gasteiger partial charge in [0.2, 0.25) is 0 Å². The van der Waals surface area contributed by atoms with Gasteiger partial charge in [-0.25, -0.2) is 0 Å². The zero-order valence-corrected chi connectivity index (χ0v) is 31.7. The average molecular weight is 872 g/mol. The number of benzene rings is 9. The summed E-state index contributed by atoms with van der Waals surface area (Å²) in [5, 5.41) is 9.80. The van der Waals surface area contributed by atoms with Crippen LogP contribution in [-0.4, -0.2) is 0 Å². The summed E-state index contributed by atoms with van der Waals surface area (Å²) in [4.78, 5) is 0. The Balaban J connectivity index is 1.55. The van der Waals surface area contributed by atoms with Gasteiger partial charge in [0.05, 0.1) is 0 Å². The number of halogens is 4. The van der Waals surface area contributed by atoms with Crippen molar-refractivity contribution in [2.24, 2.45) is 0 Å². The van der Waals surface area contributed by atoms with Gasteiger partial charge in [-0.05, 0) is 102 Å². The van der Waals surface area contributed by atoms with E-state index in [0.29, 0.717) is 0 Å². The van der Waals surface area contributed by atoms with Crippen LogP contribution in [0.15, 0.2) is 163 Å². The van der Waals surface area contributed by atoms with Gasteiger partial charge >= 0.3 is 0 Å². The molecule has 0 aliphatic heterocycles. The van der Waals surface area contributed by atoms with Crippen LogP contribution >= 0.6 is 63.7 Å². The lowest BCUT2D eigenvalue weighted by molar-refractivity contribution is 1.57. The lowest BCUT2D eigenvalue weighted by Crippen LogP contribution is -1.96. The van der Waals surface area contributed by atoms with Crippen LogP contribution in [0, 0.1) is 0 Å². The Labute approximate surface area is 312 Å². The van der Waals surface area contributed by atoms with Crippen LogP contribution in [0.1, 0.15) is 0 Å². The second-order valence-electron chi connectivity index (χ2n) is 12.1. The van der Waals surface area contributed by atoms with Gasteiger partial charge in [-0.1, -0.05) is 179 Å². The molecule has 0 aliphatic rings. The van der Waals surface area contributed by atoms with Crippen LogP contribution in [-0.2, 0) is 0 Å². The van der Waals surface area contributed by atoms with Crippen molar-refractivity contribution in [3.8, 4) is 44.5 Å². The van der Waals surface area contributed by atoms with Gasteiger partial charge in [-0.3, -0.25) is 0 Å². The Morgan fingerprint density at radius 1 is 0.250 bits per heavy atom. The molecule has 0 saturated carbocycles. The Morgan fingerprint density at radius 3 is 1.31 bits per heavy atom. The predicted octanol–water partition coefficient (Wildman–Crippen LogP) is 15.5. The van der Waals surface area contributed by atoms with Gasteiger partial charge < -0.3 is 0 Å². The number of rotatable bonds is 4. The topological polar surface area (TPSA) is 0 Å². The van der Waals surface area contributed by atoms with Gasteiger partial charge in [-0.2, -0.15) is 0 Å². The smallest absolute Gasteiger partial charge is 0.0271 e. The van der Waals surface area contributed by atoms with Crippen LogP contribution in [0.3, 0.4) is 0 Å². The summed E-state index contributed by atoms with van der Waals surface area (Å²) >= 11 is 16.0. The minimum absolute atomic E-state index is 1.06. The summed E-state index contributed by atoms with van der Waals surface area (Å²) in [6.45, 7) is 0. The molecule has 0 heterocycles. The first-order valence-electron chi connectivity index (χ1n) is 15.7. The number of hydrogen-bond donors (Lipinski definition) is 0. The molecule has 0 amide bonds. The zero-order chi connectivity index (χ0) is 32.5. The van der Waals surface area contributed by atoms with Crippen LogP contribution < -0.4 is 0 Å². The first kappa shape index (κ1) is 30.3. The standard InChI is InChI=1S/C44H24Br4/c45-35-20-18-30-39-31(19-21-36(46)42(35)39)41-34(24-38(48)43-37(47)23-32(40(30)44(41)43)27-14-8-3-9-15-27)33-22-28(25-10-4-1-5-11-25)16-17-29(33)26-12-6-2-7-13-26/h1-24H. The van der Waals surface area contributed by atoms with Crippen molar-refractivity contribution >= 4 is 107 Å². The van der Waals surface area contributed by atoms with E-state index in [0.717, 1.165) is 17.9 Å². The van der Waals surface area contributed by atoms with E-state index in [1.165, 1.54) is 87.6 Å². The van der Waals surface area contributed by atoms with E-state index < -0.39 is 0 Å². The van der Waals surface area contributed by atoms with Crippen LogP contribution in [0.5, 0.6) is 0 Å². The summed E-state index contributed by atoms with van der Waals surface area (Å²) in [5.74, 6) is 0. The fourth-order valence-electron chi connectivity index (χ4n) is 7.43. The second kappa shape index (κ2) is 12.0. The Bertz CT molecular complexity index is 2670. The molecule has 0 N–H and O–H groups in total. The van der Waals surface area contributed by atoms with Crippen LogP contribution in [0.25, 0.3) is 87.6 Å². The maximum absolute atomic E-state index is 4.10. The molecule has 0 bridgehead atoms. The van der Waals surface area contributed by atoms with Gasteiger partial charge in [0.1, 0.15) is 0 Å². The van der Waals surface area contributed by atoms with Crippen LogP contribution in [0.2, 0.25) is 0 Å². The molecule has 0 saturated heterocycles. The summed E-state index contributed by atoms with van der Waals surface area (Å²) in [7, 11) is 0. The normalized spacial score (nSPS) is 11.8. The monoisotopic (exact) mass is 868 g/mol. The van der Waals surface area contributed by atoms with E-state index >= 15 is 0 Å². The summed E-state index contributed by atoms with van der Waals surface area (Å²) in [6.07, 6.45) is 0. The third-order valence-electron chi connectivity index (χ3n) is 9.49. The SMILES string of the molecule is Brc1ccc2c3c(-c4ccccc4)cc(Br)c4c(Br)cc(-c5cc(-c6ccccc6)ccc5-c5ccccc5)c(c5ccc(Br)c1c25)c43. The van der Waals surface area contributed by atoms with Gasteiger partial charge in [0, 0.05) is 34.0 Å². The molecule has 0 spiro atoms. The summed E-state index contributed by atoms with van der Waals surface area (Å²) in [5.41, 5.74) is 9.56. The lowest BCUT2D eigenvalue weighted by atomic mass is 9.82. The molecular weight excluding hydrogens is 848 g/mol. The second-order valence-corrected chi connectivity index (χ2v) is 15.5. The zero-order valence-electron chi connectivity index (χ0n) is 25.4. The number of fused-ring (bicyclic) bond motifs is 2. The van der Waals surface area contributed by atoms with Crippen molar-refractivity contribution in [3.63, 3.8) is 0 Å². The molecule has 0 aromatic heterocycles. The largest absolute Gasteiger partial charge is 0.0622 e. The van der Waals surface area contributed by atoms with E-state index in [4.69, 9.17) is 0 Å². The molecule has 0 atom stereocenters. The van der Waals surface area contributed by atoms with Crippen molar-refractivity contribution in [1.82, 2.24) is 0 Å². The van der Waals surface area contributed by atoms with E-state index in [1.807, 2.05) is 0 Å². The fourth-order valence-corrected chi connectivity index (χ4v) is 10.3. The van der Waals surface area contributed by atoms with Crippen molar-refractivity contribution in [2.75, 3.05) is 0 Å². The fraction of sp³-hybridized carbons (Fsp3) is 0. The maximum Gasteiger partial charge on any atom is 0.0271 e. The molecule has 0 nitrogen and oxygen atoms in total. The maximum atomic E-state index is 4.10. The predicted molar refractivity (Wildman–Crippen MR) is 220 cm³/mol. The highest BCUT2D eigenvalue weighted by Gasteiger charge is 2.25. The van der Waals surface area contributed by atoms with Gasteiger partial charge in [-0.15, -0.1) is 0 Å². The van der Waals surface area contributed by atoms with Crippen molar-refractivity contribution in [2.45, 2.75) is 0 Å².